The number of rotatable bonds is 7. The van der Waals surface area contributed by atoms with E-state index in [2.05, 4.69) is 67.6 Å². The first kappa shape index (κ1) is 26.9. The molecule has 0 bridgehead atoms. The van der Waals surface area contributed by atoms with Crippen LogP contribution < -0.4 is 5.32 Å². The Morgan fingerprint density at radius 2 is 1.59 bits per heavy atom. The van der Waals surface area contributed by atoms with E-state index in [9.17, 15) is 9.18 Å². The Morgan fingerprint density at radius 1 is 0.902 bits per heavy atom. The molecule has 5 nitrogen and oxygen atoms in total. The summed E-state index contributed by atoms with van der Waals surface area (Å²) in [5, 5.41) is 8.06. The number of imidazole rings is 1. The second-order valence-electron chi connectivity index (χ2n) is 12.3. The summed E-state index contributed by atoms with van der Waals surface area (Å²) in [6.45, 7) is 6.50. The highest BCUT2D eigenvalue weighted by Gasteiger charge is 2.40. The van der Waals surface area contributed by atoms with Crippen molar-refractivity contribution in [1.82, 2.24) is 19.9 Å². The van der Waals surface area contributed by atoms with Gasteiger partial charge in [0.1, 0.15) is 11.5 Å². The Morgan fingerprint density at radius 3 is 2.22 bits per heavy atom. The Bertz CT molecular complexity index is 1680. The number of halogens is 1. The number of aromatic nitrogens is 3. The maximum absolute atomic E-state index is 13.7. The fourth-order valence-corrected chi connectivity index (χ4v) is 5.64. The molecule has 1 saturated carbocycles. The molecule has 2 aromatic heterocycles. The summed E-state index contributed by atoms with van der Waals surface area (Å²) < 4.78 is 15.5. The highest BCUT2D eigenvalue weighted by atomic mass is 19.1. The number of benzene rings is 3. The molecule has 2 heterocycles. The summed E-state index contributed by atoms with van der Waals surface area (Å²) in [5.41, 5.74) is 7.11. The van der Waals surface area contributed by atoms with Crippen molar-refractivity contribution in [3.8, 4) is 33.6 Å². The Labute approximate surface area is 240 Å². The molecule has 1 amide bonds. The van der Waals surface area contributed by atoms with Gasteiger partial charge in [-0.15, -0.1) is 0 Å². The summed E-state index contributed by atoms with van der Waals surface area (Å²) in [5.74, 6) is -0.155. The summed E-state index contributed by atoms with van der Waals surface area (Å²) in [6.07, 6.45) is 6.15. The molecule has 6 rings (SSSR count). The van der Waals surface area contributed by atoms with Gasteiger partial charge in [0, 0.05) is 29.3 Å². The molecule has 0 spiro atoms. The third kappa shape index (κ3) is 5.39. The average Bonchev–Trinajstić information content (AvgIpc) is 3.34. The van der Waals surface area contributed by atoms with Crippen LogP contribution >= 0.6 is 0 Å². The van der Waals surface area contributed by atoms with E-state index in [-0.39, 0.29) is 22.7 Å². The molecule has 6 heteroatoms. The van der Waals surface area contributed by atoms with Gasteiger partial charge in [-0.05, 0) is 60.4 Å². The van der Waals surface area contributed by atoms with Gasteiger partial charge in [0.05, 0.1) is 11.2 Å². The minimum absolute atomic E-state index is 0.120. The first-order chi connectivity index (χ1) is 19.7. The third-order valence-electron chi connectivity index (χ3n) is 8.12. The van der Waals surface area contributed by atoms with Crippen LogP contribution in [0.1, 0.15) is 58.4 Å². The van der Waals surface area contributed by atoms with Crippen LogP contribution in [0.4, 0.5) is 4.39 Å². The predicted molar refractivity (Wildman–Crippen MR) is 162 cm³/mol. The molecule has 1 fully saturated rings. The molecule has 5 aromatic rings. The van der Waals surface area contributed by atoms with E-state index in [0.717, 1.165) is 64.9 Å². The van der Waals surface area contributed by atoms with Crippen molar-refractivity contribution >= 4 is 11.6 Å². The fraction of sp³-hybridized carbons (Fsp3) is 0.286. The van der Waals surface area contributed by atoms with Crippen molar-refractivity contribution in [3.05, 3.63) is 103 Å². The predicted octanol–water partition coefficient (Wildman–Crippen LogP) is 8.19. The lowest BCUT2D eigenvalue weighted by Crippen LogP contribution is -2.50. The minimum Gasteiger partial charge on any atom is -0.347 e. The topological polar surface area (TPSA) is 59.3 Å². The van der Waals surface area contributed by atoms with E-state index in [0.29, 0.717) is 12.1 Å². The van der Waals surface area contributed by atoms with Crippen molar-refractivity contribution < 1.29 is 9.18 Å². The fourth-order valence-electron chi connectivity index (χ4n) is 5.64. The molecule has 0 saturated heterocycles. The molecule has 1 aliphatic rings. The summed E-state index contributed by atoms with van der Waals surface area (Å²) >= 11 is 0. The molecule has 1 aliphatic carbocycles. The van der Waals surface area contributed by atoms with Gasteiger partial charge in [-0.25, -0.2) is 13.9 Å². The molecule has 41 heavy (non-hydrogen) atoms. The lowest BCUT2D eigenvalue weighted by molar-refractivity contribution is -0.124. The Kier molecular flexibility index (Phi) is 6.94. The molecule has 0 atom stereocenters. The van der Waals surface area contributed by atoms with E-state index >= 15 is 0 Å². The van der Waals surface area contributed by atoms with Crippen molar-refractivity contribution in [2.24, 2.45) is 5.41 Å². The van der Waals surface area contributed by atoms with Crippen molar-refractivity contribution in [2.45, 2.75) is 58.4 Å². The first-order valence-electron chi connectivity index (χ1n) is 14.3. The van der Waals surface area contributed by atoms with E-state index < -0.39 is 0 Å². The molecular weight excluding hydrogens is 511 g/mol. The number of carbonyl (C=O) groups excluding carboxylic acids is 1. The van der Waals surface area contributed by atoms with Crippen LogP contribution in [0.5, 0.6) is 0 Å². The zero-order valence-corrected chi connectivity index (χ0v) is 23.8. The van der Waals surface area contributed by atoms with Gasteiger partial charge in [-0.2, -0.15) is 5.10 Å². The smallest absolute Gasteiger partial charge is 0.220 e. The minimum atomic E-state index is -0.300. The van der Waals surface area contributed by atoms with Gasteiger partial charge < -0.3 is 5.32 Å². The Hall–Kier alpha value is -4.32. The number of hydrogen-bond donors (Lipinski definition) is 1. The second kappa shape index (κ2) is 10.6. The number of fused-ring (bicyclic) bond motifs is 1. The van der Waals surface area contributed by atoms with Gasteiger partial charge in [-0.1, -0.05) is 87.5 Å². The van der Waals surface area contributed by atoms with Crippen LogP contribution in [0, 0.1) is 11.2 Å². The van der Waals surface area contributed by atoms with E-state index in [1.54, 1.807) is 18.3 Å². The van der Waals surface area contributed by atoms with Gasteiger partial charge in [0.2, 0.25) is 5.91 Å². The summed E-state index contributed by atoms with van der Waals surface area (Å²) in [4.78, 5) is 18.0. The summed E-state index contributed by atoms with van der Waals surface area (Å²) in [6, 6.07) is 27.0. The average molecular weight is 547 g/mol. The largest absolute Gasteiger partial charge is 0.347 e. The molecule has 0 unspecified atom stereocenters. The van der Waals surface area contributed by atoms with Crippen LogP contribution in [0.15, 0.2) is 91.1 Å². The van der Waals surface area contributed by atoms with Crippen molar-refractivity contribution in [1.29, 1.82) is 0 Å². The lowest BCUT2D eigenvalue weighted by atomic mass is 9.71. The van der Waals surface area contributed by atoms with E-state index in [1.807, 2.05) is 28.8 Å². The number of carbonyl (C=O) groups is 1. The summed E-state index contributed by atoms with van der Waals surface area (Å²) in [7, 11) is 0. The molecule has 208 valence electrons. The van der Waals surface area contributed by atoms with Gasteiger partial charge in [0.15, 0.2) is 5.65 Å². The zero-order chi connectivity index (χ0) is 28.6. The normalized spacial score (nSPS) is 14.5. The third-order valence-corrected chi connectivity index (χ3v) is 8.12. The van der Waals surface area contributed by atoms with Crippen LogP contribution in [-0.2, 0) is 10.3 Å². The Balaban J connectivity index is 1.39. The first-order valence-corrected chi connectivity index (χ1v) is 14.3. The molecule has 3 aromatic carbocycles. The number of nitrogens with zero attached hydrogens (tertiary/aromatic N) is 3. The monoisotopic (exact) mass is 546 g/mol. The van der Waals surface area contributed by atoms with Crippen LogP contribution in [0.25, 0.3) is 39.3 Å². The highest BCUT2D eigenvalue weighted by Crippen LogP contribution is 2.43. The number of nitrogens with one attached hydrogen (secondary N) is 1. The van der Waals surface area contributed by atoms with Gasteiger partial charge >= 0.3 is 0 Å². The van der Waals surface area contributed by atoms with Gasteiger partial charge in [0.25, 0.3) is 0 Å². The number of hydrogen-bond acceptors (Lipinski definition) is 3. The maximum Gasteiger partial charge on any atom is 0.220 e. The van der Waals surface area contributed by atoms with Crippen LogP contribution in [-0.4, -0.2) is 20.5 Å². The molecule has 1 N–H and O–H groups in total. The van der Waals surface area contributed by atoms with Crippen molar-refractivity contribution in [3.63, 3.8) is 0 Å². The highest BCUT2D eigenvalue weighted by molar-refractivity contribution is 5.87. The van der Waals surface area contributed by atoms with Crippen molar-refractivity contribution in [2.75, 3.05) is 0 Å². The van der Waals surface area contributed by atoms with Crippen LogP contribution in [0.2, 0.25) is 0 Å². The van der Waals surface area contributed by atoms with E-state index in [4.69, 9.17) is 4.98 Å². The molecular formula is C35H35FN4O. The van der Waals surface area contributed by atoms with Gasteiger partial charge in [-0.3, -0.25) is 4.79 Å². The number of amides is 1. The second-order valence-corrected chi connectivity index (χ2v) is 12.3. The standard InChI is InChI=1S/C35H35FN4O/c1-34(2,3)22-18-30(41)39-35(20-7-21-35)27-14-10-25(11-15-27)31-32(26-8-5-4-6-9-26)40-33(38-31)29(19-23-37-40)24-12-16-28(36)17-13-24/h4-6,8-17,19,23H,7,18,20-22H2,1-3H3,(H,39,41). The lowest BCUT2D eigenvalue weighted by Gasteiger charge is -2.43. The van der Waals surface area contributed by atoms with Crippen LogP contribution in [0.3, 0.4) is 0 Å². The molecule has 0 aliphatic heterocycles. The zero-order valence-electron chi connectivity index (χ0n) is 23.8. The van der Waals surface area contributed by atoms with E-state index in [1.165, 1.54) is 12.1 Å². The quantitative estimate of drug-likeness (QED) is 0.224. The maximum atomic E-state index is 13.7. The molecule has 0 radical (unpaired) electrons. The SMILES string of the molecule is CC(C)(C)CCC(=O)NC1(c2ccc(-c3nc4c(-c5ccc(F)cc5)ccnn4c3-c3ccccc3)cc2)CCC1.